The van der Waals surface area contributed by atoms with Crippen LogP contribution in [-0.4, -0.2) is 15.6 Å². The van der Waals surface area contributed by atoms with Crippen molar-refractivity contribution < 1.29 is 9.90 Å². The van der Waals surface area contributed by atoms with Crippen LogP contribution in [0.3, 0.4) is 0 Å². The van der Waals surface area contributed by atoms with Crippen LogP contribution in [0.5, 0.6) is 0 Å². The van der Waals surface area contributed by atoms with Crippen LogP contribution in [-0.2, 0) is 0 Å². The van der Waals surface area contributed by atoms with E-state index in [9.17, 15) is 9.90 Å². The highest BCUT2D eigenvalue weighted by atomic mass is 16.4. The summed E-state index contributed by atoms with van der Waals surface area (Å²) in [6.07, 6.45) is 0. The molecule has 0 saturated carbocycles. The number of carboxylic acid groups (broad SMARTS) is 1. The van der Waals surface area contributed by atoms with Gasteiger partial charge in [0.2, 0.25) is 0 Å². The first-order valence-electron chi connectivity index (χ1n) is 7.57. The molecule has 3 aromatic rings. The lowest BCUT2D eigenvalue weighted by molar-refractivity contribution is 0.0696. The van der Waals surface area contributed by atoms with Crippen molar-refractivity contribution in [2.45, 2.75) is 20.8 Å². The third kappa shape index (κ3) is 2.78. The second-order valence-corrected chi connectivity index (χ2v) is 5.88. The van der Waals surface area contributed by atoms with Gasteiger partial charge in [0.05, 0.1) is 11.3 Å². The highest BCUT2D eigenvalue weighted by molar-refractivity contribution is 5.91. The summed E-state index contributed by atoms with van der Waals surface area (Å²) in [5, 5.41) is 9.49. The summed E-state index contributed by atoms with van der Waals surface area (Å²) in [4.78, 5) is 11.6. The molecule has 0 saturated heterocycles. The van der Waals surface area contributed by atoms with Gasteiger partial charge in [-0.05, 0) is 55.7 Å². The maximum Gasteiger partial charge on any atom is 0.337 e. The molecule has 23 heavy (non-hydrogen) atoms. The van der Waals surface area contributed by atoms with Gasteiger partial charge in [-0.3, -0.25) is 0 Å². The predicted octanol–water partition coefficient (Wildman–Crippen LogP) is 4.77. The molecule has 0 fully saturated rings. The number of benzene rings is 2. The van der Waals surface area contributed by atoms with Crippen molar-refractivity contribution in [2.24, 2.45) is 0 Å². The number of carboxylic acids is 1. The normalized spacial score (nSPS) is 10.7. The Balaban J connectivity index is 2.32. The molecule has 0 aliphatic rings. The van der Waals surface area contributed by atoms with Crippen molar-refractivity contribution in [2.75, 3.05) is 0 Å². The van der Waals surface area contributed by atoms with E-state index >= 15 is 0 Å². The fourth-order valence-electron chi connectivity index (χ4n) is 3.06. The van der Waals surface area contributed by atoms with E-state index in [1.807, 2.05) is 41.8 Å². The molecule has 0 unspecified atom stereocenters. The number of hydrogen-bond donors (Lipinski definition) is 1. The SMILES string of the molecule is Cc1cc(C)cc(-n2c(-c3ccccc3)cc(C(=O)O)c2C)c1. The fraction of sp³-hybridized carbons (Fsp3) is 0.150. The zero-order valence-electron chi connectivity index (χ0n) is 13.5. The third-order valence-corrected chi connectivity index (χ3v) is 4.01. The Kier molecular flexibility index (Phi) is 3.78. The van der Waals surface area contributed by atoms with Crippen LogP contribution in [0, 0.1) is 20.8 Å². The number of nitrogens with zero attached hydrogens (tertiary/aromatic N) is 1. The van der Waals surface area contributed by atoms with Crippen LogP contribution in [0.25, 0.3) is 16.9 Å². The standard InChI is InChI=1S/C20H19NO2/c1-13-9-14(2)11-17(10-13)21-15(3)18(20(22)23)12-19(21)16-7-5-4-6-8-16/h4-12H,1-3H3,(H,22,23). The second kappa shape index (κ2) is 5.76. The molecular formula is C20H19NO2. The van der Waals surface area contributed by atoms with Gasteiger partial charge >= 0.3 is 5.97 Å². The summed E-state index contributed by atoms with van der Waals surface area (Å²) in [5.41, 5.74) is 6.27. The summed E-state index contributed by atoms with van der Waals surface area (Å²) in [6, 6.07) is 17.9. The van der Waals surface area contributed by atoms with Gasteiger partial charge in [-0.1, -0.05) is 36.4 Å². The molecule has 0 atom stereocenters. The van der Waals surface area contributed by atoms with Crippen LogP contribution in [0.1, 0.15) is 27.2 Å². The Morgan fingerprint density at radius 2 is 1.52 bits per heavy atom. The lowest BCUT2D eigenvalue weighted by Gasteiger charge is -2.14. The van der Waals surface area contributed by atoms with Crippen molar-refractivity contribution in [1.29, 1.82) is 0 Å². The number of hydrogen-bond acceptors (Lipinski definition) is 1. The zero-order valence-corrected chi connectivity index (χ0v) is 13.5. The van der Waals surface area contributed by atoms with Crippen molar-refractivity contribution in [3.63, 3.8) is 0 Å². The summed E-state index contributed by atoms with van der Waals surface area (Å²) < 4.78 is 2.03. The average molecular weight is 305 g/mol. The number of aryl methyl sites for hydroxylation is 2. The number of aromatic nitrogens is 1. The van der Waals surface area contributed by atoms with Crippen LogP contribution in [0.15, 0.2) is 54.6 Å². The molecule has 116 valence electrons. The quantitative estimate of drug-likeness (QED) is 0.757. The van der Waals surface area contributed by atoms with Gasteiger partial charge in [0.1, 0.15) is 0 Å². The molecule has 2 aromatic carbocycles. The zero-order chi connectivity index (χ0) is 16.6. The lowest BCUT2D eigenvalue weighted by Crippen LogP contribution is -2.03. The first kappa shape index (κ1) is 15.1. The Morgan fingerprint density at radius 3 is 2.09 bits per heavy atom. The van der Waals surface area contributed by atoms with E-state index in [2.05, 4.69) is 32.0 Å². The van der Waals surface area contributed by atoms with Gasteiger partial charge in [0.15, 0.2) is 0 Å². The topological polar surface area (TPSA) is 42.2 Å². The molecule has 1 heterocycles. The molecule has 3 rings (SSSR count). The number of rotatable bonds is 3. The third-order valence-electron chi connectivity index (χ3n) is 4.01. The molecule has 3 nitrogen and oxygen atoms in total. The largest absolute Gasteiger partial charge is 0.478 e. The minimum Gasteiger partial charge on any atom is -0.478 e. The Hall–Kier alpha value is -2.81. The van der Waals surface area contributed by atoms with E-state index in [0.717, 1.165) is 33.8 Å². The van der Waals surface area contributed by atoms with Gasteiger partial charge in [-0.15, -0.1) is 0 Å². The van der Waals surface area contributed by atoms with Gasteiger partial charge in [0.25, 0.3) is 0 Å². The smallest absolute Gasteiger partial charge is 0.337 e. The first-order valence-corrected chi connectivity index (χ1v) is 7.57. The highest BCUT2D eigenvalue weighted by Gasteiger charge is 2.19. The fourth-order valence-corrected chi connectivity index (χ4v) is 3.06. The molecule has 1 N–H and O–H groups in total. The van der Waals surface area contributed by atoms with E-state index in [4.69, 9.17) is 0 Å². The molecule has 0 amide bonds. The summed E-state index contributed by atoms with van der Waals surface area (Å²) in [7, 11) is 0. The van der Waals surface area contributed by atoms with Crippen molar-refractivity contribution >= 4 is 5.97 Å². The second-order valence-electron chi connectivity index (χ2n) is 5.88. The highest BCUT2D eigenvalue weighted by Crippen LogP contribution is 2.30. The van der Waals surface area contributed by atoms with E-state index in [1.165, 1.54) is 0 Å². The summed E-state index contributed by atoms with van der Waals surface area (Å²) >= 11 is 0. The van der Waals surface area contributed by atoms with Gasteiger partial charge < -0.3 is 9.67 Å². The molecule has 0 radical (unpaired) electrons. The van der Waals surface area contributed by atoms with E-state index in [-0.39, 0.29) is 0 Å². The Morgan fingerprint density at radius 1 is 0.913 bits per heavy atom. The first-order chi connectivity index (χ1) is 11.0. The number of aromatic carboxylic acids is 1. The van der Waals surface area contributed by atoms with Crippen LogP contribution in [0.4, 0.5) is 0 Å². The van der Waals surface area contributed by atoms with Crippen molar-refractivity contribution in [3.8, 4) is 16.9 Å². The predicted molar refractivity (Wildman–Crippen MR) is 92.4 cm³/mol. The summed E-state index contributed by atoms with van der Waals surface area (Å²) in [6.45, 7) is 5.96. The summed E-state index contributed by atoms with van der Waals surface area (Å²) in [5.74, 6) is -0.900. The van der Waals surface area contributed by atoms with Gasteiger partial charge in [-0.25, -0.2) is 4.79 Å². The molecule has 0 spiro atoms. The molecule has 0 aliphatic carbocycles. The van der Waals surface area contributed by atoms with Crippen molar-refractivity contribution in [3.05, 3.63) is 77.0 Å². The van der Waals surface area contributed by atoms with E-state index in [0.29, 0.717) is 5.56 Å². The van der Waals surface area contributed by atoms with Crippen molar-refractivity contribution in [1.82, 2.24) is 4.57 Å². The molecule has 0 bridgehead atoms. The minimum absolute atomic E-state index is 0.336. The lowest BCUT2D eigenvalue weighted by atomic mass is 10.1. The van der Waals surface area contributed by atoms with Crippen LogP contribution in [0.2, 0.25) is 0 Å². The maximum atomic E-state index is 11.6. The van der Waals surface area contributed by atoms with Crippen LogP contribution < -0.4 is 0 Å². The number of carbonyl (C=O) groups is 1. The van der Waals surface area contributed by atoms with Gasteiger partial charge in [-0.2, -0.15) is 0 Å². The minimum atomic E-state index is -0.900. The Bertz CT molecular complexity index is 856. The molecule has 3 heteroatoms. The van der Waals surface area contributed by atoms with E-state index < -0.39 is 5.97 Å². The monoisotopic (exact) mass is 305 g/mol. The molecular weight excluding hydrogens is 286 g/mol. The maximum absolute atomic E-state index is 11.6. The molecule has 0 aliphatic heterocycles. The Labute approximate surface area is 135 Å². The van der Waals surface area contributed by atoms with Gasteiger partial charge in [0, 0.05) is 11.4 Å². The van der Waals surface area contributed by atoms with E-state index in [1.54, 1.807) is 6.07 Å². The average Bonchev–Trinajstić information content (AvgIpc) is 2.85. The molecule has 1 aromatic heterocycles. The van der Waals surface area contributed by atoms with Crippen LogP contribution >= 0.6 is 0 Å².